The van der Waals surface area contributed by atoms with Crippen LogP contribution in [0.5, 0.6) is 0 Å². The highest BCUT2D eigenvalue weighted by Gasteiger charge is 2.33. The minimum Gasteiger partial charge on any atom is -0.471 e. The van der Waals surface area contributed by atoms with Gasteiger partial charge in [0.15, 0.2) is 0 Å². The lowest BCUT2D eigenvalue weighted by molar-refractivity contribution is -0.126. The fourth-order valence-corrected chi connectivity index (χ4v) is 4.97. The number of carbonyl (C=O) groups excluding carboxylic acids is 3. The van der Waals surface area contributed by atoms with Gasteiger partial charge in [-0.05, 0) is 67.9 Å². The first-order valence-corrected chi connectivity index (χ1v) is 13.8. The van der Waals surface area contributed by atoms with Crippen LogP contribution < -0.4 is 10.6 Å². The number of methoxy groups -OCH3 is 1. The normalized spacial score (nSPS) is 12.8. The molecule has 0 bridgehead atoms. The van der Waals surface area contributed by atoms with E-state index >= 15 is 0 Å². The second-order valence-electron chi connectivity index (χ2n) is 10.0. The number of amides is 2. The summed E-state index contributed by atoms with van der Waals surface area (Å²) in [5.74, 6) is -0.182. The molecule has 0 aliphatic rings. The summed E-state index contributed by atoms with van der Waals surface area (Å²) >= 11 is 6.19. The molecule has 2 rings (SSSR count). The number of nitrogens with one attached hydrogen (secondary N) is 2. The predicted octanol–water partition coefficient (Wildman–Crippen LogP) is 6.59. The maximum Gasteiger partial charge on any atom is 0.292 e. The van der Waals surface area contributed by atoms with E-state index in [9.17, 15) is 14.7 Å². The molecule has 0 aliphatic heterocycles. The minimum absolute atomic E-state index is 0.00871. The van der Waals surface area contributed by atoms with E-state index in [1.54, 1.807) is 13.0 Å². The molecule has 8 heteroatoms. The van der Waals surface area contributed by atoms with Crippen molar-refractivity contribution in [1.29, 1.82) is 0 Å². The molecule has 0 heterocycles. The summed E-state index contributed by atoms with van der Waals surface area (Å²) < 4.78 is 3.86. The number of hydrogen-bond acceptors (Lipinski definition) is 5. The van der Waals surface area contributed by atoms with Gasteiger partial charge >= 0.3 is 0 Å². The second-order valence-corrected chi connectivity index (χ2v) is 10.4. The molecule has 2 aromatic rings. The van der Waals surface area contributed by atoms with Crippen LogP contribution >= 0.6 is 11.6 Å². The number of ether oxygens (including phenoxy) is 1. The van der Waals surface area contributed by atoms with Crippen LogP contribution in [0.15, 0.2) is 42.5 Å². The molecule has 2 amide bonds. The van der Waals surface area contributed by atoms with Crippen molar-refractivity contribution in [1.82, 2.24) is 5.32 Å². The number of hydrogen-bond donors (Lipinski definition) is 3. The summed E-state index contributed by atoms with van der Waals surface area (Å²) in [6.45, 7) is 16.1. The predicted molar refractivity (Wildman–Crippen MR) is 160 cm³/mol. The standard InChI is InChI=1S/C27H37ClN2O3.C2H4O2.C2H6/c1-7-22(19(4)31)27(5,6)16-24(32)29-18(3)15-20-11-13-21(14-12-20)30-26(33)25-17(2)9-8-10-23(25)28;1-4-2-3;1-2/h8-14,18-19,22,31H,7,15-16H2,1-6H3,(H,29,32)(H,30,33);2H,1H3;1-2H3. The Balaban J connectivity index is 0.00000220. The molecule has 0 saturated heterocycles. The van der Waals surface area contributed by atoms with Crippen molar-refractivity contribution in [3.63, 3.8) is 0 Å². The van der Waals surface area contributed by atoms with Crippen molar-refractivity contribution in [2.45, 2.75) is 86.8 Å². The molecular formula is C31H47ClN2O5. The van der Waals surface area contributed by atoms with Gasteiger partial charge in [0.1, 0.15) is 0 Å². The van der Waals surface area contributed by atoms with Gasteiger partial charge < -0.3 is 20.5 Å². The molecule has 2 aromatic carbocycles. The zero-order chi connectivity index (χ0) is 30.2. The molecule has 3 atom stereocenters. The second kappa shape index (κ2) is 18.4. The highest BCUT2D eigenvalue weighted by molar-refractivity contribution is 6.34. The Bertz CT molecular complexity index is 1000. The van der Waals surface area contributed by atoms with Crippen molar-refractivity contribution < 1.29 is 24.2 Å². The highest BCUT2D eigenvalue weighted by atomic mass is 35.5. The number of benzene rings is 2. The Morgan fingerprint density at radius 2 is 1.67 bits per heavy atom. The average Bonchev–Trinajstić information content (AvgIpc) is 2.86. The lowest BCUT2D eigenvalue weighted by Crippen LogP contribution is -2.40. The largest absolute Gasteiger partial charge is 0.471 e. The molecule has 7 nitrogen and oxygen atoms in total. The maximum absolute atomic E-state index is 12.6. The Labute approximate surface area is 239 Å². The van der Waals surface area contributed by atoms with Crippen molar-refractivity contribution in [2.75, 3.05) is 12.4 Å². The third-order valence-corrected chi connectivity index (χ3v) is 6.66. The Morgan fingerprint density at radius 1 is 1.10 bits per heavy atom. The lowest BCUT2D eigenvalue weighted by atomic mass is 9.72. The van der Waals surface area contributed by atoms with Crippen LogP contribution in [0.4, 0.5) is 5.69 Å². The van der Waals surface area contributed by atoms with Crippen LogP contribution in [0.1, 0.15) is 82.8 Å². The summed E-state index contributed by atoms with van der Waals surface area (Å²) in [4.78, 5) is 34.2. The molecular weight excluding hydrogens is 516 g/mol. The van der Waals surface area contributed by atoms with E-state index in [1.165, 1.54) is 7.11 Å². The summed E-state index contributed by atoms with van der Waals surface area (Å²) in [7, 11) is 1.31. The van der Waals surface area contributed by atoms with Gasteiger partial charge in [-0.3, -0.25) is 14.4 Å². The molecule has 218 valence electrons. The van der Waals surface area contributed by atoms with E-state index < -0.39 is 6.10 Å². The Morgan fingerprint density at radius 3 is 2.13 bits per heavy atom. The maximum atomic E-state index is 12.6. The van der Waals surface area contributed by atoms with Crippen LogP contribution in [0.3, 0.4) is 0 Å². The number of carbonyl (C=O) groups is 3. The first-order valence-electron chi connectivity index (χ1n) is 13.5. The number of aliphatic hydroxyl groups excluding tert-OH is 1. The van der Waals surface area contributed by atoms with Gasteiger partial charge in [-0.25, -0.2) is 0 Å². The Kier molecular flexibility index (Phi) is 17.0. The fourth-order valence-electron chi connectivity index (χ4n) is 4.66. The van der Waals surface area contributed by atoms with E-state index in [1.807, 2.05) is 84.9 Å². The van der Waals surface area contributed by atoms with Crippen LogP contribution in [-0.2, 0) is 20.7 Å². The van der Waals surface area contributed by atoms with Gasteiger partial charge in [-0.15, -0.1) is 0 Å². The quantitative estimate of drug-likeness (QED) is 0.268. The molecule has 0 aromatic heterocycles. The molecule has 0 spiro atoms. The monoisotopic (exact) mass is 562 g/mol. The van der Waals surface area contributed by atoms with E-state index in [4.69, 9.17) is 16.4 Å². The summed E-state index contributed by atoms with van der Waals surface area (Å²) in [6, 6.07) is 12.9. The SMILES string of the molecule is CC.CCC(C(C)O)C(C)(C)CC(=O)NC(C)Cc1ccc(NC(=O)c2c(C)cccc2Cl)cc1.COC=O. The first-order chi connectivity index (χ1) is 18.4. The topological polar surface area (TPSA) is 105 Å². The molecule has 3 unspecified atom stereocenters. The van der Waals surface area contributed by atoms with Crippen molar-refractivity contribution >= 4 is 35.6 Å². The van der Waals surface area contributed by atoms with E-state index in [2.05, 4.69) is 15.4 Å². The van der Waals surface area contributed by atoms with Gasteiger partial charge in [0, 0.05) is 18.2 Å². The number of aliphatic hydroxyl groups is 1. The highest BCUT2D eigenvalue weighted by Crippen LogP contribution is 2.35. The van der Waals surface area contributed by atoms with Crippen LogP contribution in [0, 0.1) is 18.3 Å². The number of aryl methyl sites for hydroxylation is 1. The number of rotatable bonds is 11. The fraction of sp³-hybridized carbons (Fsp3) is 0.516. The van der Waals surface area contributed by atoms with E-state index in [0.29, 0.717) is 35.6 Å². The van der Waals surface area contributed by atoms with Crippen molar-refractivity contribution in [3.8, 4) is 0 Å². The summed E-state index contributed by atoms with van der Waals surface area (Å²) in [6.07, 6.45) is 1.42. The molecule has 3 N–H and O–H groups in total. The summed E-state index contributed by atoms with van der Waals surface area (Å²) in [5.41, 5.74) is 2.76. The van der Waals surface area contributed by atoms with Crippen LogP contribution in [0.2, 0.25) is 5.02 Å². The lowest BCUT2D eigenvalue weighted by Gasteiger charge is -2.35. The molecule has 39 heavy (non-hydrogen) atoms. The van der Waals surface area contributed by atoms with E-state index in [0.717, 1.165) is 17.5 Å². The van der Waals surface area contributed by atoms with Gasteiger partial charge in [0.05, 0.1) is 23.8 Å². The zero-order valence-electron chi connectivity index (χ0n) is 24.9. The average molecular weight is 563 g/mol. The third-order valence-electron chi connectivity index (χ3n) is 6.35. The number of halogens is 1. The smallest absolute Gasteiger partial charge is 0.292 e. The summed E-state index contributed by atoms with van der Waals surface area (Å²) in [5, 5.41) is 16.4. The first kappa shape index (κ1) is 36.1. The van der Waals surface area contributed by atoms with Crippen molar-refractivity contribution in [3.05, 3.63) is 64.2 Å². The van der Waals surface area contributed by atoms with Crippen molar-refractivity contribution in [2.24, 2.45) is 11.3 Å². The van der Waals surface area contributed by atoms with Gasteiger partial charge in [-0.2, -0.15) is 0 Å². The number of anilines is 1. The van der Waals surface area contributed by atoms with Crippen LogP contribution in [-0.4, -0.2) is 42.6 Å². The van der Waals surface area contributed by atoms with Crippen LogP contribution in [0.25, 0.3) is 0 Å². The zero-order valence-corrected chi connectivity index (χ0v) is 25.7. The van der Waals surface area contributed by atoms with E-state index in [-0.39, 0.29) is 29.2 Å². The third kappa shape index (κ3) is 12.7. The molecule has 0 radical (unpaired) electrons. The van der Waals surface area contributed by atoms with Gasteiger partial charge in [-0.1, -0.05) is 76.9 Å². The molecule has 0 aliphatic carbocycles. The molecule has 0 fully saturated rings. The van der Waals surface area contributed by atoms with Gasteiger partial charge in [0.2, 0.25) is 5.91 Å². The minimum atomic E-state index is -0.448. The molecule has 0 saturated carbocycles. The Hall–Kier alpha value is -2.90. The van der Waals surface area contributed by atoms with Gasteiger partial charge in [0.25, 0.3) is 12.4 Å².